The standard InChI is InChI=1S/C24H21N3O2S/c1-15-7-12-21-22(16(15)2)26-24(30-21)27(14-20-6-4-5-13-25-20)23(29)19-10-8-18(9-11-19)17(3)28/h4-13H,14H2,1-3H3. The van der Waals surface area contributed by atoms with Crippen molar-refractivity contribution in [2.45, 2.75) is 27.3 Å². The van der Waals surface area contributed by atoms with Crippen LogP contribution in [0.2, 0.25) is 0 Å². The van der Waals surface area contributed by atoms with Crippen LogP contribution >= 0.6 is 11.3 Å². The van der Waals surface area contributed by atoms with E-state index >= 15 is 0 Å². The summed E-state index contributed by atoms with van der Waals surface area (Å²) in [5, 5.41) is 0.630. The van der Waals surface area contributed by atoms with Crippen molar-refractivity contribution in [3.63, 3.8) is 0 Å². The maximum Gasteiger partial charge on any atom is 0.260 e. The van der Waals surface area contributed by atoms with Crippen molar-refractivity contribution < 1.29 is 9.59 Å². The monoisotopic (exact) mass is 415 g/mol. The molecule has 4 rings (SSSR count). The summed E-state index contributed by atoms with van der Waals surface area (Å²) in [6.07, 6.45) is 1.71. The van der Waals surface area contributed by atoms with Gasteiger partial charge in [-0.25, -0.2) is 4.98 Å². The van der Waals surface area contributed by atoms with E-state index in [0.29, 0.717) is 22.8 Å². The number of amides is 1. The van der Waals surface area contributed by atoms with Crippen molar-refractivity contribution in [3.8, 4) is 0 Å². The molecule has 0 spiro atoms. The first-order valence-electron chi connectivity index (χ1n) is 9.63. The molecule has 0 saturated carbocycles. The van der Waals surface area contributed by atoms with E-state index in [9.17, 15) is 9.59 Å². The minimum Gasteiger partial charge on any atom is -0.295 e. The Morgan fingerprint density at radius 3 is 2.37 bits per heavy atom. The maximum atomic E-state index is 13.4. The molecule has 0 bridgehead atoms. The molecule has 6 heteroatoms. The van der Waals surface area contributed by atoms with Gasteiger partial charge in [0.05, 0.1) is 22.5 Å². The highest BCUT2D eigenvalue weighted by molar-refractivity contribution is 7.22. The van der Waals surface area contributed by atoms with Gasteiger partial charge in [-0.15, -0.1) is 0 Å². The van der Waals surface area contributed by atoms with Crippen LogP contribution in [-0.4, -0.2) is 21.7 Å². The number of hydrogen-bond donors (Lipinski definition) is 0. The van der Waals surface area contributed by atoms with E-state index in [1.165, 1.54) is 23.8 Å². The Morgan fingerprint density at radius 2 is 1.70 bits per heavy atom. The Balaban J connectivity index is 1.77. The first kappa shape index (κ1) is 19.9. The summed E-state index contributed by atoms with van der Waals surface area (Å²) in [5.74, 6) is -0.208. The smallest absolute Gasteiger partial charge is 0.260 e. The molecule has 0 radical (unpaired) electrons. The Labute approximate surface area is 179 Å². The summed E-state index contributed by atoms with van der Waals surface area (Å²) >= 11 is 1.49. The summed E-state index contributed by atoms with van der Waals surface area (Å²) in [6, 6.07) is 16.5. The predicted molar refractivity (Wildman–Crippen MR) is 120 cm³/mol. The van der Waals surface area contributed by atoms with E-state index in [2.05, 4.69) is 18.0 Å². The highest BCUT2D eigenvalue weighted by Gasteiger charge is 2.23. The second-order valence-corrected chi connectivity index (χ2v) is 8.21. The van der Waals surface area contributed by atoms with Crippen molar-refractivity contribution in [2.75, 3.05) is 4.90 Å². The lowest BCUT2D eigenvalue weighted by Crippen LogP contribution is -2.30. The molecule has 0 N–H and O–H groups in total. The molecule has 0 saturated heterocycles. The zero-order valence-electron chi connectivity index (χ0n) is 17.0. The second kappa shape index (κ2) is 8.16. The fourth-order valence-corrected chi connectivity index (χ4v) is 4.24. The summed E-state index contributed by atoms with van der Waals surface area (Å²) in [6.45, 7) is 5.93. The van der Waals surface area contributed by atoms with Gasteiger partial charge in [-0.05, 0) is 62.2 Å². The van der Waals surface area contributed by atoms with Crippen LogP contribution in [0.15, 0.2) is 60.8 Å². The van der Waals surface area contributed by atoms with Gasteiger partial charge < -0.3 is 0 Å². The van der Waals surface area contributed by atoms with Gasteiger partial charge in [0.15, 0.2) is 10.9 Å². The van der Waals surface area contributed by atoms with Gasteiger partial charge in [0, 0.05) is 17.3 Å². The summed E-state index contributed by atoms with van der Waals surface area (Å²) in [5.41, 5.74) is 5.06. The molecule has 30 heavy (non-hydrogen) atoms. The Morgan fingerprint density at radius 1 is 0.967 bits per heavy atom. The summed E-state index contributed by atoms with van der Waals surface area (Å²) in [4.78, 5) is 35.9. The number of ketones is 1. The Hall–Kier alpha value is -3.38. The number of pyridine rings is 1. The highest BCUT2D eigenvalue weighted by Crippen LogP contribution is 2.33. The van der Waals surface area contributed by atoms with E-state index in [0.717, 1.165) is 21.5 Å². The van der Waals surface area contributed by atoms with Crippen LogP contribution in [0.4, 0.5) is 5.13 Å². The average Bonchev–Trinajstić information content (AvgIpc) is 3.20. The van der Waals surface area contributed by atoms with Crippen LogP contribution < -0.4 is 4.90 Å². The quantitative estimate of drug-likeness (QED) is 0.412. The molecule has 0 atom stereocenters. The van der Waals surface area contributed by atoms with Crippen molar-refractivity contribution >= 4 is 38.4 Å². The topological polar surface area (TPSA) is 63.2 Å². The molecule has 0 aliphatic heterocycles. The van der Waals surface area contributed by atoms with Gasteiger partial charge in [0.1, 0.15) is 0 Å². The largest absolute Gasteiger partial charge is 0.295 e. The molecule has 0 aliphatic rings. The molecule has 1 amide bonds. The molecule has 0 aliphatic carbocycles. The van der Waals surface area contributed by atoms with E-state index in [4.69, 9.17) is 4.98 Å². The van der Waals surface area contributed by atoms with Crippen LogP contribution in [0.5, 0.6) is 0 Å². The summed E-state index contributed by atoms with van der Waals surface area (Å²) < 4.78 is 1.04. The first-order chi connectivity index (χ1) is 14.4. The number of thiazole rings is 1. The zero-order chi connectivity index (χ0) is 21.3. The lowest BCUT2D eigenvalue weighted by atomic mass is 10.1. The third-order valence-corrected chi connectivity index (χ3v) is 6.18. The molecule has 0 unspecified atom stereocenters. The lowest BCUT2D eigenvalue weighted by molar-refractivity contribution is 0.0980. The lowest BCUT2D eigenvalue weighted by Gasteiger charge is -2.19. The van der Waals surface area contributed by atoms with Gasteiger partial charge in [-0.3, -0.25) is 19.5 Å². The fraction of sp³-hybridized carbons (Fsp3) is 0.167. The van der Waals surface area contributed by atoms with Crippen LogP contribution in [0, 0.1) is 13.8 Å². The fourth-order valence-electron chi connectivity index (χ4n) is 3.21. The minimum atomic E-state index is -0.177. The predicted octanol–water partition coefficient (Wildman–Crippen LogP) is 5.36. The number of aromatic nitrogens is 2. The highest BCUT2D eigenvalue weighted by atomic mass is 32.1. The van der Waals surface area contributed by atoms with Gasteiger partial charge in [-0.1, -0.05) is 35.6 Å². The molecule has 4 aromatic rings. The average molecular weight is 416 g/mol. The number of carbonyl (C=O) groups is 2. The number of rotatable bonds is 5. The van der Waals surface area contributed by atoms with E-state index in [1.807, 2.05) is 31.2 Å². The maximum absolute atomic E-state index is 13.4. The molecule has 2 aromatic carbocycles. The van der Waals surface area contributed by atoms with Crippen molar-refractivity contribution in [1.29, 1.82) is 0 Å². The summed E-state index contributed by atoms with van der Waals surface area (Å²) in [7, 11) is 0. The molecule has 2 heterocycles. The Bertz CT molecular complexity index is 1230. The zero-order valence-corrected chi connectivity index (χ0v) is 17.9. The van der Waals surface area contributed by atoms with Crippen LogP contribution in [0.25, 0.3) is 10.2 Å². The number of fused-ring (bicyclic) bond motifs is 1. The number of aryl methyl sites for hydroxylation is 2. The number of benzene rings is 2. The SMILES string of the molecule is CC(=O)c1ccc(C(=O)N(Cc2ccccn2)c2nc3c(C)c(C)ccc3s2)cc1. The number of Topliss-reactive ketones (excluding diaryl/α,β-unsaturated/α-hetero) is 1. The number of anilines is 1. The third kappa shape index (κ3) is 3.86. The van der Waals surface area contributed by atoms with E-state index in [1.54, 1.807) is 35.4 Å². The van der Waals surface area contributed by atoms with Gasteiger partial charge in [-0.2, -0.15) is 0 Å². The van der Waals surface area contributed by atoms with Crippen molar-refractivity contribution in [2.24, 2.45) is 0 Å². The number of hydrogen-bond acceptors (Lipinski definition) is 5. The molecular formula is C24H21N3O2S. The number of carbonyl (C=O) groups excluding carboxylic acids is 2. The molecule has 2 aromatic heterocycles. The molecule has 0 fully saturated rings. The van der Waals surface area contributed by atoms with Crippen LogP contribution in [0.1, 0.15) is 44.5 Å². The third-order valence-electron chi connectivity index (χ3n) is 5.13. The van der Waals surface area contributed by atoms with E-state index in [-0.39, 0.29) is 11.7 Å². The molecule has 5 nitrogen and oxygen atoms in total. The van der Waals surface area contributed by atoms with Crippen molar-refractivity contribution in [1.82, 2.24) is 9.97 Å². The first-order valence-corrected chi connectivity index (χ1v) is 10.4. The van der Waals surface area contributed by atoms with E-state index < -0.39 is 0 Å². The van der Waals surface area contributed by atoms with Crippen LogP contribution in [-0.2, 0) is 6.54 Å². The van der Waals surface area contributed by atoms with Gasteiger partial charge in [0.25, 0.3) is 5.91 Å². The van der Waals surface area contributed by atoms with Crippen LogP contribution in [0.3, 0.4) is 0 Å². The molecule has 150 valence electrons. The van der Waals surface area contributed by atoms with Crippen molar-refractivity contribution in [3.05, 3.63) is 88.7 Å². The Kier molecular flexibility index (Phi) is 5.42. The normalized spacial score (nSPS) is 10.9. The molecular weight excluding hydrogens is 394 g/mol. The van der Waals surface area contributed by atoms with Gasteiger partial charge >= 0.3 is 0 Å². The minimum absolute atomic E-state index is 0.0311. The van der Waals surface area contributed by atoms with Gasteiger partial charge in [0.2, 0.25) is 0 Å². The second-order valence-electron chi connectivity index (χ2n) is 7.20. The number of nitrogens with zero attached hydrogens (tertiary/aromatic N) is 3.